The van der Waals surface area contributed by atoms with E-state index in [1.807, 2.05) is 30.5 Å². The number of anilines is 1. The van der Waals surface area contributed by atoms with Crippen molar-refractivity contribution in [1.82, 2.24) is 14.9 Å². The Kier molecular flexibility index (Phi) is 4.97. The first-order chi connectivity index (χ1) is 15.8. The van der Waals surface area contributed by atoms with Crippen LogP contribution in [0.15, 0.2) is 77.5 Å². The van der Waals surface area contributed by atoms with E-state index in [0.29, 0.717) is 16.6 Å². The molecule has 0 atom stereocenters. The van der Waals surface area contributed by atoms with E-state index in [9.17, 15) is 0 Å². The molecule has 1 saturated heterocycles. The fraction of sp³-hybridized carbons (Fsp3) is 0.200. The molecule has 1 aliphatic heterocycles. The van der Waals surface area contributed by atoms with Crippen LogP contribution >= 0.6 is 11.3 Å². The van der Waals surface area contributed by atoms with Gasteiger partial charge in [0.05, 0.1) is 11.0 Å². The van der Waals surface area contributed by atoms with E-state index in [1.54, 1.807) is 6.20 Å². The number of piperazine rings is 1. The summed E-state index contributed by atoms with van der Waals surface area (Å²) in [4.78, 5) is 13.6. The predicted molar refractivity (Wildman–Crippen MR) is 128 cm³/mol. The number of hydrogen-bond acceptors (Lipinski definition) is 7. The maximum atomic E-state index is 5.98. The van der Waals surface area contributed by atoms with Gasteiger partial charge in [-0.2, -0.15) is 4.98 Å². The van der Waals surface area contributed by atoms with Gasteiger partial charge >= 0.3 is 0 Å². The monoisotopic (exact) mass is 442 g/mol. The molecule has 0 N–H and O–H groups in total. The molecule has 0 amide bonds. The van der Waals surface area contributed by atoms with Gasteiger partial charge in [-0.1, -0.05) is 29.5 Å². The van der Waals surface area contributed by atoms with Gasteiger partial charge in [0.2, 0.25) is 0 Å². The first-order valence-electron chi connectivity index (χ1n) is 10.7. The molecule has 6 rings (SSSR count). The maximum Gasteiger partial charge on any atom is 0.281 e. The lowest BCUT2D eigenvalue weighted by Crippen LogP contribution is -2.45. The number of nitrogens with zero attached hydrogens (tertiary/aromatic N) is 4. The van der Waals surface area contributed by atoms with E-state index in [2.05, 4.69) is 56.2 Å². The van der Waals surface area contributed by atoms with Gasteiger partial charge in [0.15, 0.2) is 5.65 Å². The molecular weight excluding hydrogens is 420 g/mol. The number of fused-ring (bicyclic) bond motifs is 2. The number of furan rings is 1. The van der Waals surface area contributed by atoms with Crippen molar-refractivity contribution in [3.8, 4) is 10.9 Å². The van der Waals surface area contributed by atoms with Crippen LogP contribution in [0.1, 0.15) is 5.56 Å². The Labute approximate surface area is 189 Å². The lowest BCUT2D eigenvalue weighted by atomic mass is 10.1. The fourth-order valence-electron chi connectivity index (χ4n) is 4.19. The summed E-state index contributed by atoms with van der Waals surface area (Å²) in [5.41, 5.74) is 4.06. The molecule has 0 bridgehead atoms. The number of thiazole rings is 1. The van der Waals surface area contributed by atoms with Crippen LogP contribution < -0.4 is 9.64 Å². The van der Waals surface area contributed by atoms with Crippen molar-refractivity contribution in [2.45, 2.75) is 6.54 Å². The van der Waals surface area contributed by atoms with Crippen molar-refractivity contribution in [3.63, 3.8) is 0 Å². The van der Waals surface area contributed by atoms with Crippen molar-refractivity contribution < 1.29 is 9.15 Å². The zero-order valence-electron chi connectivity index (χ0n) is 17.5. The highest BCUT2D eigenvalue weighted by Crippen LogP contribution is 2.33. The molecule has 4 heterocycles. The van der Waals surface area contributed by atoms with Crippen molar-refractivity contribution in [2.24, 2.45) is 0 Å². The average Bonchev–Trinajstić information content (AvgIpc) is 3.43. The highest BCUT2D eigenvalue weighted by atomic mass is 32.1. The van der Waals surface area contributed by atoms with Crippen LogP contribution in [0.2, 0.25) is 0 Å². The Morgan fingerprint density at radius 3 is 2.69 bits per heavy atom. The SMILES string of the molecule is c1ccc(N2CCN(Cc3coc4cc(Oc5nc6ncccc6s5)ccc34)CC2)cc1. The number of aromatic nitrogens is 2. The molecule has 160 valence electrons. The average molecular weight is 443 g/mol. The summed E-state index contributed by atoms with van der Waals surface area (Å²) in [6, 6.07) is 20.5. The highest BCUT2D eigenvalue weighted by molar-refractivity contribution is 7.20. The zero-order chi connectivity index (χ0) is 21.3. The molecule has 0 radical (unpaired) electrons. The van der Waals surface area contributed by atoms with Crippen LogP contribution in [0.3, 0.4) is 0 Å². The molecular formula is C25H22N4O2S. The quantitative estimate of drug-likeness (QED) is 0.356. The Morgan fingerprint density at radius 1 is 0.969 bits per heavy atom. The second-order valence-corrected chi connectivity index (χ2v) is 8.92. The second-order valence-electron chi connectivity index (χ2n) is 7.92. The number of ether oxygens (including phenoxy) is 1. The largest absolute Gasteiger partial charge is 0.464 e. The van der Waals surface area contributed by atoms with Crippen LogP contribution in [0, 0.1) is 0 Å². The maximum absolute atomic E-state index is 5.98. The van der Waals surface area contributed by atoms with Gasteiger partial charge in [-0.05, 0) is 36.4 Å². The standard InChI is InChI=1S/C25H22N4O2S/c1-2-5-19(6-3-1)29-13-11-28(12-14-29)16-18-17-30-22-15-20(8-9-21(18)22)31-25-27-24-23(32-25)7-4-10-26-24/h1-10,15,17H,11-14,16H2. The number of rotatable bonds is 5. The second kappa shape index (κ2) is 8.26. The molecule has 6 nitrogen and oxygen atoms in total. The normalized spacial score (nSPS) is 14.9. The van der Waals surface area contributed by atoms with E-state index < -0.39 is 0 Å². The number of hydrogen-bond donors (Lipinski definition) is 0. The Morgan fingerprint density at radius 2 is 1.84 bits per heavy atom. The summed E-state index contributed by atoms with van der Waals surface area (Å²) in [6.45, 7) is 5.03. The van der Waals surface area contributed by atoms with E-state index >= 15 is 0 Å². The van der Waals surface area contributed by atoms with E-state index in [4.69, 9.17) is 9.15 Å². The Balaban J connectivity index is 1.13. The van der Waals surface area contributed by atoms with Crippen molar-refractivity contribution in [2.75, 3.05) is 31.1 Å². The third-order valence-electron chi connectivity index (χ3n) is 5.87. The minimum absolute atomic E-state index is 0.584. The summed E-state index contributed by atoms with van der Waals surface area (Å²) in [5.74, 6) is 0.717. The predicted octanol–water partition coefficient (Wildman–Crippen LogP) is 5.55. The third kappa shape index (κ3) is 3.81. The van der Waals surface area contributed by atoms with Crippen molar-refractivity contribution >= 4 is 38.3 Å². The summed E-state index contributed by atoms with van der Waals surface area (Å²) in [5, 5.41) is 1.72. The minimum Gasteiger partial charge on any atom is -0.464 e. The molecule has 32 heavy (non-hydrogen) atoms. The van der Waals surface area contributed by atoms with E-state index in [0.717, 1.165) is 48.4 Å². The van der Waals surface area contributed by atoms with Crippen LogP contribution in [0.5, 0.6) is 10.9 Å². The van der Waals surface area contributed by atoms with Crippen molar-refractivity contribution in [1.29, 1.82) is 0 Å². The highest BCUT2D eigenvalue weighted by Gasteiger charge is 2.19. The molecule has 5 aromatic rings. The molecule has 3 aromatic heterocycles. The summed E-state index contributed by atoms with van der Waals surface area (Å²) in [7, 11) is 0. The molecule has 2 aromatic carbocycles. The van der Waals surface area contributed by atoms with E-state index in [1.165, 1.54) is 22.6 Å². The molecule has 0 saturated carbocycles. The summed E-state index contributed by atoms with van der Waals surface area (Å²) < 4.78 is 12.9. The summed E-state index contributed by atoms with van der Waals surface area (Å²) in [6.07, 6.45) is 3.61. The number of pyridine rings is 1. The summed E-state index contributed by atoms with van der Waals surface area (Å²) >= 11 is 1.49. The van der Waals surface area contributed by atoms with Gasteiger partial charge in [0.25, 0.3) is 5.19 Å². The van der Waals surface area contributed by atoms with Gasteiger partial charge in [-0.15, -0.1) is 0 Å². The lowest BCUT2D eigenvalue weighted by Gasteiger charge is -2.36. The molecule has 0 spiro atoms. The topological polar surface area (TPSA) is 54.6 Å². The van der Waals surface area contributed by atoms with E-state index in [-0.39, 0.29) is 0 Å². The van der Waals surface area contributed by atoms with Crippen molar-refractivity contribution in [3.05, 3.63) is 78.7 Å². The van der Waals surface area contributed by atoms with Gasteiger partial charge in [-0.25, -0.2) is 4.98 Å². The number of para-hydroxylation sites is 1. The molecule has 1 aliphatic rings. The smallest absolute Gasteiger partial charge is 0.281 e. The van der Waals surface area contributed by atoms with Gasteiger partial charge in [-0.3, -0.25) is 4.90 Å². The minimum atomic E-state index is 0.584. The Bertz CT molecular complexity index is 1320. The lowest BCUT2D eigenvalue weighted by molar-refractivity contribution is 0.250. The van der Waals surface area contributed by atoms with Gasteiger partial charge in [0, 0.05) is 61.6 Å². The third-order valence-corrected chi connectivity index (χ3v) is 6.75. The molecule has 0 aliphatic carbocycles. The molecule has 7 heteroatoms. The van der Waals surface area contributed by atoms with Crippen LogP contribution in [-0.4, -0.2) is 41.0 Å². The van der Waals surface area contributed by atoms with Crippen LogP contribution in [0.4, 0.5) is 5.69 Å². The first kappa shape index (κ1) is 19.3. The van der Waals surface area contributed by atoms with Crippen LogP contribution in [-0.2, 0) is 6.54 Å². The van der Waals surface area contributed by atoms with Gasteiger partial charge < -0.3 is 14.1 Å². The number of benzene rings is 2. The fourth-order valence-corrected chi connectivity index (χ4v) is 4.98. The molecule has 1 fully saturated rings. The molecule has 0 unspecified atom stereocenters. The Hall–Kier alpha value is -3.42. The zero-order valence-corrected chi connectivity index (χ0v) is 18.3. The van der Waals surface area contributed by atoms with Gasteiger partial charge in [0.1, 0.15) is 11.3 Å². The first-order valence-corrected chi connectivity index (χ1v) is 11.6. The van der Waals surface area contributed by atoms with Crippen LogP contribution in [0.25, 0.3) is 21.3 Å².